The van der Waals surface area contributed by atoms with Crippen molar-refractivity contribution in [1.29, 1.82) is 0 Å². The second kappa shape index (κ2) is 8.27. The van der Waals surface area contributed by atoms with Crippen LogP contribution in [-0.4, -0.2) is 67.5 Å². The first-order valence-corrected chi connectivity index (χ1v) is 9.41. The number of aliphatic hydroxyl groups is 1. The zero-order valence-corrected chi connectivity index (χ0v) is 15.9. The van der Waals surface area contributed by atoms with Crippen LogP contribution in [0.5, 0.6) is 0 Å². The molecule has 1 aromatic carbocycles. The van der Waals surface area contributed by atoms with Crippen LogP contribution in [0.15, 0.2) is 34.4 Å². The molecule has 0 radical (unpaired) electrons. The van der Waals surface area contributed by atoms with E-state index in [9.17, 15) is 41.3 Å². The number of amides is 1. The minimum absolute atomic E-state index is 0.171. The Morgan fingerprint density at radius 1 is 1.40 bits per heavy atom. The first-order valence-electron chi connectivity index (χ1n) is 7.93. The Hall–Kier alpha value is -3.20. The highest BCUT2D eigenvalue weighted by Gasteiger charge is 2.47. The van der Waals surface area contributed by atoms with Gasteiger partial charge in [0, 0.05) is 12.6 Å². The summed E-state index contributed by atoms with van der Waals surface area (Å²) in [5.74, 6) is -1.78. The van der Waals surface area contributed by atoms with E-state index in [1.165, 1.54) is 0 Å². The van der Waals surface area contributed by atoms with E-state index in [1.54, 1.807) is 0 Å². The molecule has 1 amide bonds. The Balaban J connectivity index is 2.55. The molecule has 0 aliphatic carbocycles. The van der Waals surface area contributed by atoms with Crippen molar-refractivity contribution in [3.05, 3.63) is 39.6 Å². The van der Waals surface area contributed by atoms with E-state index in [1.807, 2.05) is 0 Å². The summed E-state index contributed by atoms with van der Waals surface area (Å²) in [6.45, 7) is -0.907. The van der Waals surface area contributed by atoms with E-state index in [-0.39, 0.29) is 24.7 Å². The van der Waals surface area contributed by atoms with Gasteiger partial charge in [-0.3, -0.25) is 14.9 Å². The minimum Gasteiger partial charge on any atom is -0.466 e. The molecule has 15 heteroatoms. The van der Waals surface area contributed by atoms with Crippen LogP contribution < -0.4 is 5.32 Å². The largest absolute Gasteiger partial charge is 0.501 e. The van der Waals surface area contributed by atoms with Crippen molar-refractivity contribution in [3.63, 3.8) is 0 Å². The zero-order valence-electron chi connectivity index (χ0n) is 15.1. The molecule has 30 heavy (non-hydrogen) atoms. The van der Waals surface area contributed by atoms with Crippen LogP contribution in [0.4, 0.5) is 24.5 Å². The number of carbonyl (C=O) groups excluding carboxylic acids is 2. The van der Waals surface area contributed by atoms with Crippen molar-refractivity contribution in [1.82, 2.24) is 4.90 Å². The van der Waals surface area contributed by atoms with Gasteiger partial charge in [0.05, 0.1) is 35.7 Å². The molecule has 0 aromatic heterocycles. The molecule has 164 valence electrons. The second-order valence-electron chi connectivity index (χ2n) is 5.81. The lowest BCUT2D eigenvalue weighted by Crippen LogP contribution is -2.31. The zero-order chi connectivity index (χ0) is 22.9. The molecule has 0 bridgehead atoms. The SMILES string of the molecule is COC(=O)C1=C(Nc2ccc(S(=O)(=O)C(F)(F)F)cc2[N+](=O)[O-])C(=O)N(CCO)C1. The van der Waals surface area contributed by atoms with Crippen LogP contribution in [0, 0.1) is 10.1 Å². The number of aliphatic hydroxyl groups excluding tert-OH is 1. The maximum atomic E-state index is 12.7. The van der Waals surface area contributed by atoms with Gasteiger partial charge in [-0.1, -0.05) is 0 Å². The topological polar surface area (TPSA) is 156 Å². The first-order chi connectivity index (χ1) is 13.8. The number of nitrogens with zero attached hydrogens (tertiary/aromatic N) is 2. The van der Waals surface area contributed by atoms with Crippen LogP contribution in [0.2, 0.25) is 0 Å². The number of rotatable bonds is 7. The van der Waals surface area contributed by atoms with E-state index < -0.39 is 60.7 Å². The smallest absolute Gasteiger partial charge is 0.466 e. The number of β-amino-alcohol motifs (C(OH)–C–C–N with tert-alkyl or cyclic N) is 1. The fraction of sp³-hybridized carbons (Fsp3) is 0.333. The third-order valence-corrected chi connectivity index (χ3v) is 5.48. The Morgan fingerprint density at radius 2 is 2.03 bits per heavy atom. The van der Waals surface area contributed by atoms with Crippen LogP contribution in [0.1, 0.15) is 0 Å². The summed E-state index contributed by atoms with van der Waals surface area (Å²) in [5.41, 5.74) is -7.98. The molecule has 0 saturated heterocycles. The lowest BCUT2D eigenvalue weighted by Gasteiger charge is -2.15. The average Bonchev–Trinajstić information content (AvgIpc) is 2.96. The maximum Gasteiger partial charge on any atom is 0.501 e. The van der Waals surface area contributed by atoms with Crippen molar-refractivity contribution in [2.45, 2.75) is 10.4 Å². The number of esters is 1. The van der Waals surface area contributed by atoms with Gasteiger partial charge in [-0.05, 0) is 12.1 Å². The number of nitro groups is 1. The van der Waals surface area contributed by atoms with Gasteiger partial charge >= 0.3 is 11.5 Å². The van der Waals surface area contributed by atoms with Gasteiger partial charge in [0.2, 0.25) is 0 Å². The molecule has 1 aliphatic heterocycles. The van der Waals surface area contributed by atoms with E-state index in [0.717, 1.165) is 12.0 Å². The monoisotopic (exact) mass is 453 g/mol. The third kappa shape index (κ3) is 4.20. The molecular weight excluding hydrogens is 439 g/mol. The highest BCUT2D eigenvalue weighted by molar-refractivity contribution is 7.92. The Labute approximate surface area is 166 Å². The van der Waals surface area contributed by atoms with Crippen LogP contribution in [-0.2, 0) is 24.2 Å². The van der Waals surface area contributed by atoms with E-state index in [2.05, 4.69) is 10.1 Å². The number of alkyl halides is 3. The summed E-state index contributed by atoms with van der Waals surface area (Å²) in [5, 5.41) is 22.6. The van der Waals surface area contributed by atoms with Gasteiger partial charge in [-0.15, -0.1) is 0 Å². The molecule has 11 nitrogen and oxygen atoms in total. The van der Waals surface area contributed by atoms with Crippen molar-refractivity contribution < 1.29 is 45.9 Å². The lowest BCUT2D eigenvalue weighted by atomic mass is 10.2. The molecule has 1 aromatic rings. The molecule has 0 fully saturated rings. The van der Waals surface area contributed by atoms with E-state index in [4.69, 9.17) is 5.11 Å². The Morgan fingerprint density at radius 3 is 2.53 bits per heavy atom. The summed E-state index contributed by atoms with van der Waals surface area (Å²) in [7, 11) is -4.83. The molecule has 0 spiro atoms. The van der Waals surface area contributed by atoms with Crippen molar-refractivity contribution in [3.8, 4) is 0 Å². The number of hydrogen-bond donors (Lipinski definition) is 2. The summed E-state index contributed by atoms with van der Waals surface area (Å²) in [4.78, 5) is 34.2. The number of nitrogens with one attached hydrogen (secondary N) is 1. The van der Waals surface area contributed by atoms with Crippen LogP contribution in [0.25, 0.3) is 0 Å². The summed E-state index contributed by atoms with van der Waals surface area (Å²) < 4.78 is 65.7. The summed E-state index contributed by atoms with van der Waals surface area (Å²) in [6, 6.07) is 1.33. The number of ether oxygens (including phenoxy) is 1. The predicted molar refractivity (Wildman–Crippen MR) is 92.7 cm³/mol. The molecule has 1 heterocycles. The van der Waals surface area contributed by atoms with Crippen molar-refractivity contribution in [2.75, 3.05) is 32.1 Å². The van der Waals surface area contributed by atoms with Crippen molar-refractivity contribution >= 4 is 33.1 Å². The van der Waals surface area contributed by atoms with Gasteiger partial charge in [0.15, 0.2) is 0 Å². The number of anilines is 1. The molecule has 2 rings (SSSR count). The normalized spacial score (nSPS) is 14.8. The van der Waals surface area contributed by atoms with Gasteiger partial charge < -0.3 is 20.1 Å². The number of sulfone groups is 1. The molecule has 0 saturated carbocycles. The number of halogens is 3. The summed E-state index contributed by atoms with van der Waals surface area (Å²) in [6.07, 6.45) is 0. The Kier molecular flexibility index (Phi) is 6.36. The number of methoxy groups -OCH3 is 1. The quantitative estimate of drug-likeness (QED) is 0.342. The Bertz CT molecular complexity index is 1040. The molecule has 0 unspecified atom stereocenters. The lowest BCUT2D eigenvalue weighted by molar-refractivity contribution is -0.384. The highest BCUT2D eigenvalue weighted by atomic mass is 32.2. The highest BCUT2D eigenvalue weighted by Crippen LogP contribution is 2.36. The van der Waals surface area contributed by atoms with Crippen LogP contribution in [0.3, 0.4) is 0 Å². The molecule has 1 aliphatic rings. The van der Waals surface area contributed by atoms with Gasteiger partial charge in [0.25, 0.3) is 21.4 Å². The summed E-state index contributed by atoms with van der Waals surface area (Å²) >= 11 is 0. The fourth-order valence-electron chi connectivity index (χ4n) is 2.55. The van der Waals surface area contributed by atoms with Gasteiger partial charge in [-0.2, -0.15) is 13.2 Å². The van der Waals surface area contributed by atoms with E-state index in [0.29, 0.717) is 12.1 Å². The number of benzene rings is 1. The number of hydrogen-bond acceptors (Lipinski definition) is 9. The van der Waals surface area contributed by atoms with Gasteiger partial charge in [-0.25, -0.2) is 13.2 Å². The first kappa shape index (κ1) is 23.1. The maximum absolute atomic E-state index is 12.7. The van der Waals surface area contributed by atoms with E-state index >= 15 is 0 Å². The molecule has 2 N–H and O–H groups in total. The minimum atomic E-state index is -5.85. The number of carbonyl (C=O) groups is 2. The molecular formula is C15H14F3N3O8S. The standard InChI is InChI=1S/C15H14F3N3O8S/c1-29-14(24)9-7-20(4-5-22)13(23)12(9)19-10-3-2-8(6-11(10)21(25)26)30(27,28)15(16,17)18/h2-3,6,19,22H,4-5,7H2,1H3. The van der Waals surface area contributed by atoms with Crippen molar-refractivity contribution in [2.24, 2.45) is 0 Å². The third-order valence-electron chi connectivity index (χ3n) is 3.99. The predicted octanol–water partition coefficient (Wildman–Crippen LogP) is 0.562. The molecule has 0 atom stereocenters. The fourth-order valence-corrected chi connectivity index (χ4v) is 3.33. The van der Waals surface area contributed by atoms with Crippen LogP contribution >= 0.6 is 0 Å². The number of nitro benzene ring substituents is 1. The average molecular weight is 453 g/mol. The second-order valence-corrected chi connectivity index (χ2v) is 7.75. The van der Waals surface area contributed by atoms with Gasteiger partial charge in [0.1, 0.15) is 11.4 Å².